The lowest BCUT2D eigenvalue weighted by Crippen LogP contribution is -2.45. The number of ether oxygens (including phenoxy) is 4. The number of carbonyl (C=O) groups is 1. The Hall–Kier alpha value is -3.29. The highest BCUT2D eigenvalue weighted by Crippen LogP contribution is 2.47. The molecule has 0 spiro atoms. The average Bonchev–Trinajstić information content (AvgIpc) is 3.71. The van der Waals surface area contributed by atoms with Crippen molar-refractivity contribution in [3.8, 4) is 0 Å². The van der Waals surface area contributed by atoms with Crippen molar-refractivity contribution in [3.63, 3.8) is 0 Å². The molecular weight excluding hydrogens is 852 g/mol. The first-order valence-electron chi connectivity index (χ1n) is 23.3. The number of unbranched alkanes of at least 4 members (excludes halogenated alkanes) is 14. The molecule has 2 aliphatic heterocycles. The fraction of sp³-hybridized carbons (Fsp3) is 0.795. The molecule has 20 heteroatoms. The Bertz CT molecular complexity index is 1870. The van der Waals surface area contributed by atoms with Crippen molar-refractivity contribution in [1.29, 1.82) is 0 Å². The summed E-state index contributed by atoms with van der Waals surface area (Å²) in [5.41, 5.74) is 9.86. The molecule has 2 aromatic heterocycles. The number of nitrogens with zero attached hydrogens (tertiary/aromatic N) is 5. The lowest BCUT2D eigenvalue weighted by atomic mass is 9.93. The lowest BCUT2D eigenvalue weighted by Gasteiger charge is -2.33. The van der Waals surface area contributed by atoms with Crippen LogP contribution in [0, 0.1) is 5.92 Å². The van der Waals surface area contributed by atoms with E-state index in [1.54, 1.807) is 0 Å². The molecule has 5 unspecified atom stereocenters. The highest BCUT2D eigenvalue weighted by molar-refractivity contribution is 7.45. The number of rotatable bonds is 30. The minimum atomic E-state index is -5.12. The van der Waals surface area contributed by atoms with E-state index in [9.17, 15) is 23.8 Å². The molecule has 18 nitrogen and oxygen atoms in total. The second-order valence-corrected chi connectivity index (χ2v) is 18.9. The van der Waals surface area contributed by atoms with Gasteiger partial charge < -0.3 is 49.3 Å². The molecule has 0 radical (unpaired) electrons. The van der Waals surface area contributed by atoms with Crippen molar-refractivity contribution in [2.75, 3.05) is 38.3 Å². The first-order chi connectivity index (χ1) is 30.5. The van der Waals surface area contributed by atoms with E-state index in [0.717, 1.165) is 30.3 Å². The summed E-state index contributed by atoms with van der Waals surface area (Å²) in [5.74, 6) is -1.11. The summed E-state index contributed by atoms with van der Waals surface area (Å²) in [5, 5.41) is 0. The predicted octanol–water partition coefficient (Wildman–Crippen LogP) is 6.22. The number of carbonyl (C=O) groups excluding carboxylic acids is 1. The van der Waals surface area contributed by atoms with Crippen molar-refractivity contribution in [2.45, 2.75) is 193 Å². The summed E-state index contributed by atoms with van der Waals surface area (Å²) in [6.45, 7) is 8.91. The molecule has 2 aliphatic rings. The van der Waals surface area contributed by atoms with Crippen molar-refractivity contribution in [3.05, 3.63) is 45.5 Å². The van der Waals surface area contributed by atoms with E-state index in [1.807, 2.05) is 13.8 Å². The molecule has 2 saturated heterocycles. The lowest BCUT2D eigenvalue weighted by molar-refractivity contribution is -0.235. The molecule has 4 heterocycles. The summed E-state index contributed by atoms with van der Waals surface area (Å²) in [4.78, 5) is 62.6. The second-order valence-electron chi connectivity index (χ2n) is 17.6. The van der Waals surface area contributed by atoms with Gasteiger partial charge in [-0.2, -0.15) is 9.97 Å². The van der Waals surface area contributed by atoms with Gasteiger partial charge in [0.25, 0.3) is 7.82 Å². The summed E-state index contributed by atoms with van der Waals surface area (Å²) in [7, 11) is -3.66. The zero-order valence-electron chi connectivity index (χ0n) is 38.7. The van der Waals surface area contributed by atoms with Gasteiger partial charge in [0, 0.05) is 44.9 Å². The van der Waals surface area contributed by atoms with Gasteiger partial charge in [0.15, 0.2) is 18.6 Å². The van der Waals surface area contributed by atoms with Crippen LogP contribution in [0.1, 0.15) is 150 Å². The van der Waals surface area contributed by atoms with Crippen LogP contribution >= 0.6 is 7.82 Å². The van der Waals surface area contributed by atoms with Crippen LogP contribution in [0.3, 0.4) is 0 Å². The molecule has 2 aromatic rings. The second kappa shape index (κ2) is 26.8. The normalized spacial score (nSPS) is 24.5. The van der Waals surface area contributed by atoms with Gasteiger partial charge in [-0.1, -0.05) is 96.8 Å². The Morgan fingerprint density at radius 3 is 1.80 bits per heavy atom. The minimum absolute atomic E-state index is 0.0323. The van der Waals surface area contributed by atoms with Gasteiger partial charge in [-0.15, -0.1) is 0 Å². The monoisotopic (exact) mass is 927 g/mol. The third-order valence-corrected chi connectivity index (χ3v) is 12.8. The Balaban J connectivity index is 1.53. The number of nitrogens with two attached hydrogens (primary N) is 2. The van der Waals surface area contributed by atoms with Gasteiger partial charge >= 0.3 is 11.4 Å². The van der Waals surface area contributed by atoms with E-state index >= 15 is 4.39 Å². The summed E-state index contributed by atoms with van der Waals surface area (Å²) < 4.78 is 66.4. The van der Waals surface area contributed by atoms with E-state index in [1.165, 1.54) is 119 Å². The first-order valence-corrected chi connectivity index (χ1v) is 24.8. The minimum Gasteiger partial charge on any atom is -0.756 e. The Kier molecular flexibility index (Phi) is 22.3. The summed E-state index contributed by atoms with van der Waals surface area (Å²) >= 11 is 0. The van der Waals surface area contributed by atoms with E-state index < -0.39 is 80.2 Å². The standard InChI is InChI=1S/C44H75FN7O11P/c1-7-8-9-10-11-12-13-14-15-16-17-18-19-20-21-24-50(28-33-40(63-64(56,57)62-31(4)5)38(45)41(60-33)51-25-22-35(46)48-43(51)54)37(53)27-32-34(29-59-30(2)3)61-42(39(32)58-6)52-26-23-36(47)49-44(52)55/h22-23,25-26,30-34,38-42H,7-21,24,27-29H2,1-6H3,(H,56,57)(H2,46,48,54)(H2,47,49,55)/p-1/t32?,33-,34-,38?,39?,40?,41-,42-/m1/s1. The fourth-order valence-corrected chi connectivity index (χ4v) is 9.51. The van der Waals surface area contributed by atoms with E-state index in [-0.39, 0.29) is 43.9 Å². The van der Waals surface area contributed by atoms with Gasteiger partial charge in [0.2, 0.25) is 5.91 Å². The Labute approximate surface area is 377 Å². The Morgan fingerprint density at radius 2 is 1.31 bits per heavy atom. The maximum atomic E-state index is 16.5. The molecule has 0 aliphatic carbocycles. The number of aromatic nitrogens is 4. The smallest absolute Gasteiger partial charge is 0.351 e. The van der Waals surface area contributed by atoms with Crippen LogP contribution in [0.4, 0.5) is 16.0 Å². The number of amides is 1. The highest BCUT2D eigenvalue weighted by Gasteiger charge is 2.51. The molecule has 2 fully saturated rings. The molecular formula is C44H74FN7O11P-. The van der Waals surface area contributed by atoms with E-state index in [4.69, 9.17) is 39.5 Å². The molecule has 364 valence electrons. The van der Waals surface area contributed by atoms with Gasteiger partial charge in [-0.3, -0.25) is 18.5 Å². The van der Waals surface area contributed by atoms with Crippen LogP contribution in [-0.2, 0) is 37.4 Å². The topological polar surface area (TPSA) is 238 Å². The van der Waals surface area contributed by atoms with Crippen LogP contribution in [0.5, 0.6) is 0 Å². The third-order valence-electron chi connectivity index (χ3n) is 11.7. The van der Waals surface area contributed by atoms with Gasteiger partial charge in [-0.25, -0.2) is 14.0 Å². The number of anilines is 2. The van der Waals surface area contributed by atoms with Gasteiger partial charge in [-0.05, 0) is 46.2 Å². The molecule has 4 rings (SSSR count). The number of methoxy groups -OCH3 is 1. The molecule has 1 amide bonds. The highest BCUT2D eigenvalue weighted by atomic mass is 31.2. The van der Waals surface area contributed by atoms with Crippen molar-refractivity contribution < 1.29 is 46.6 Å². The van der Waals surface area contributed by atoms with Crippen molar-refractivity contribution in [2.24, 2.45) is 5.92 Å². The predicted molar refractivity (Wildman–Crippen MR) is 239 cm³/mol. The summed E-state index contributed by atoms with van der Waals surface area (Å²) in [6, 6.07) is 2.74. The first kappa shape index (κ1) is 53.3. The fourth-order valence-electron chi connectivity index (χ4n) is 8.40. The third kappa shape index (κ3) is 16.5. The van der Waals surface area contributed by atoms with Crippen molar-refractivity contribution >= 4 is 25.4 Å². The van der Waals surface area contributed by atoms with Crippen LogP contribution in [0.2, 0.25) is 0 Å². The Morgan fingerprint density at radius 1 is 0.812 bits per heavy atom. The molecule has 0 saturated carbocycles. The van der Waals surface area contributed by atoms with Crippen LogP contribution in [-0.4, -0.2) is 99.5 Å². The molecule has 0 bridgehead atoms. The van der Waals surface area contributed by atoms with Crippen LogP contribution in [0.15, 0.2) is 34.1 Å². The molecule has 9 atom stereocenters. The zero-order valence-corrected chi connectivity index (χ0v) is 39.6. The number of halogens is 1. The molecule has 64 heavy (non-hydrogen) atoms. The maximum absolute atomic E-state index is 16.5. The quantitative estimate of drug-likeness (QED) is 0.0653. The number of alkyl halides is 1. The maximum Gasteiger partial charge on any atom is 0.351 e. The van der Waals surface area contributed by atoms with Crippen LogP contribution in [0.25, 0.3) is 0 Å². The number of phosphoric acid groups is 1. The van der Waals surface area contributed by atoms with Gasteiger partial charge in [0.05, 0.1) is 24.9 Å². The van der Waals surface area contributed by atoms with E-state index in [0.29, 0.717) is 6.42 Å². The average molecular weight is 927 g/mol. The molecule has 4 N–H and O–H groups in total. The molecule has 0 aromatic carbocycles. The van der Waals surface area contributed by atoms with Crippen molar-refractivity contribution in [1.82, 2.24) is 24.0 Å². The largest absolute Gasteiger partial charge is 0.756 e. The SMILES string of the molecule is CCCCCCCCCCCCCCCCCN(C[C@H]1O[C@@H](n2ccc(N)nc2=O)C(F)C1OP(=O)([O-])OC(C)C)C(=O)CC1C(OC)[C@H](n2ccc(N)nc2=O)O[C@@H]1COC(C)C. The number of nitrogen functional groups attached to an aromatic ring is 2. The number of phosphoric ester groups is 1. The van der Waals surface area contributed by atoms with Gasteiger partial charge in [0.1, 0.15) is 29.9 Å². The summed E-state index contributed by atoms with van der Waals surface area (Å²) in [6.07, 6.45) is 9.23. The number of hydrogen-bond acceptors (Lipinski definition) is 15. The van der Waals surface area contributed by atoms with Crippen LogP contribution < -0.4 is 27.7 Å². The van der Waals surface area contributed by atoms with E-state index in [2.05, 4.69) is 16.9 Å². The number of hydrogen-bond donors (Lipinski definition) is 2. The zero-order chi connectivity index (χ0) is 46.8.